The molecular formula is C48H51F3N6O7. The number of fused-ring (bicyclic) bond motifs is 2. The summed E-state index contributed by atoms with van der Waals surface area (Å²) in [6.45, 7) is 2.64. The molecule has 1 heterocycles. The Morgan fingerprint density at radius 3 is 2.09 bits per heavy atom. The first-order valence-electron chi connectivity index (χ1n) is 21.1. The lowest BCUT2D eigenvalue weighted by atomic mass is 10.0. The average molecular weight is 881 g/mol. The van der Waals surface area contributed by atoms with Crippen molar-refractivity contribution in [2.45, 2.75) is 69.8 Å². The Labute approximate surface area is 368 Å². The third kappa shape index (κ3) is 13.9. The van der Waals surface area contributed by atoms with Crippen LogP contribution in [0.5, 0.6) is 5.75 Å². The quantitative estimate of drug-likeness (QED) is 0.0490. The topological polar surface area (TPSA) is 192 Å². The molecule has 1 atom stereocenters. The maximum Gasteiger partial charge on any atom is 0.490 e. The highest BCUT2D eigenvalue weighted by Crippen LogP contribution is 2.33. The molecule has 1 aliphatic carbocycles. The van der Waals surface area contributed by atoms with Gasteiger partial charge in [0.1, 0.15) is 5.75 Å². The summed E-state index contributed by atoms with van der Waals surface area (Å²) in [6, 6.07) is 34.3. The summed E-state index contributed by atoms with van der Waals surface area (Å²) in [7, 11) is 0. The third-order valence-corrected chi connectivity index (χ3v) is 10.6. The Hall–Kier alpha value is -6.78. The largest absolute Gasteiger partial charge is 0.490 e. The number of alkyl halides is 3. The van der Waals surface area contributed by atoms with E-state index in [9.17, 15) is 32.3 Å². The molecule has 7 rings (SSSR count). The van der Waals surface area contributed by atoms with Crippen LogP contribution in [0.2, 0.25) is 0 Å². The van der Waals surface area contributed by atoms with Gasteiger partial charge in [-0.3, -0.25) is 19.2 Å². The van der Waals surface area contributed by atoms with Gasteiger partial charge in [0.05, 0.1) is 5.69 Å². The summed E-state index contributed by atoms with van der Waals surface area (Å²) in [4.78, 5) is 61.6. The van der Waals surface area contributed by atoms with Crippen LogP contribution in [-0.2, 0) is 22.6 Å². The fourth-order valence-corrected chi connectivity index (χ4v) is 7.05. The van der Waals surface area contributed by atoms with Crippen LogP contribution in [0, 0.1) is 0 Å². The van der Waals surface area contributed by atoms with Gasteiger partial charge < -0.3 is 41.7 Å². The Balaban J connectivity index is 0.000000898. The molecular weight excluding hydrogens is 830 g/mol. The van der Waals surface area contributed by atoms with E-state index >= 15 is 0 Å². The minimum absolute atomic E-state index is 0.0672. The smallest absolute Gasteiger partial charge is 0.482 e. The minimum atomic E-state index is -5.08. The second-order valence-corrected chi connectivity index (χ2v) is 15.8. The van der Waals surface area contributed by atoms with Gasteiger partial charge in [-0.05, 0) is 115 Å². The van der Waals surface area contributed by atoms with E-state index in [1.54, 1.807) is 54.6 Å². The Kier molecular flexibility index (Phi) is 16.1. The van der Waals surface area contributed by atoms with Gasteiger partial charge in [-0.2, -0.15) is 13.2 Å². The predicted molar refractivity (Wildman–Crippen MR) is 237 cm³/mol. The monoisotopic (exact) mass is 880 g/mol. The Morgan fingerprint density at radius 1 is 0.781 bits per heavy atom. The number of nitrogens with two attached hydrogens (primary N) is 1. The van der Waals surface area contributed by atoms with Crippen LogP contribution in [-0.4, -0.2) is 84.1 Å². The van der Waals surface area contributed by atoms with Gasteiger partial charge in [0.15, 0.2) is 6.61 Å². The van der Waals surface area contributed by atoms with E-state index < -0.39 is 12.1 Å². The molecule has 0 bridgehead atoms. The lowest BCUT2D eigenvalue weighted by molar-refractivity contribution is -0.192. The number of carboxylic acids is 1. The lowest BCUT2D eigenvalue weighted by Gasteiger charge is -2.24. The number of halogens is 3. The molecule has 64 heavy (non-hydrogen) atoms. The molecule has 16 heteroatoms. The van der Waals surface area contributed by atoms with Gasteiger partial charge in [-0.1, -0.05) is 67.4 Å². The summed E-state index contributed by atoms with van der Waals surface area (Å²) in [5.41, 5.74) is 11.2. The van der Waals surface area contributed by atoms with E-state index in [4.69, 9.17) is 20.4 Å². The number of carbonyl (C=O) groups excluding carboxylic acids is 4. The number of ether oxygens (including phenoxy) is 1. The molecule has 0 saturated heterocycles. The zero-order chi connectivity index (χ0) is 45.6. The number of anilines is 2. The van der Waals surface area contributed by atoms with Crippen LogP contribution >= 0.6 is 0 Å². The van der Waals surface area contributed by atoms with Crippen molar-refractivity contribution in [1.82, 2.24) is 15.5 Å². The predicted octanol–water partition coefficient (Wildman–Crippen LogP) is 7.31. The van der Waals surface area contributed by atoms with E-state index in [0.717, 1.165) is 63.6 Å². The number of nitrogens with one attached hydrogen (secondary N) is 4. The summed E-state index contributed by atoms with van der Waals surface area (Å²) in [5.74, 6) is -3.01. The Morgan fingerprint density at radius 2 is 1.41 bits per heavy atom. The van der Waals surface area contributed by atoms with Crippen molar-refractivity contribution in [2.24, 2.45) is 5.73 Å². The molecule has 7 N–H and O–H groups in total. The molecule has 1 saturated carbocycles. The standard InChI is InChI=1S/C46H50N6O5.C2HF3O2/c47-38(26-32-11-12-33-7-3-4-8-36(33)25-32)28-48-23-5-1-2-6-24-49-44(54)34-15-18-39(19-16-34)50-45(55)35-13-9-31(10-14-35)29-52(40-20-21-40)46(56)37-17-22-41-42(27-37)57-30-43(53)51-41;3-2(4,5)1(6)7/h3-4,7-19,22,25,27,38,40,48H,1-2,5-6,20-21,23-24,26,28-30,47H2,(H,49,54)(H,50,55)(H,51,53);(H,6,7)/t38-;/m0./s1. The van der Waals surface area contributed by atoms with Crippen LogP contribution in [0.4, 0.5) is 24.5 Å². The third-order valence-electron chi connectivity index (χ3n) is 10.6. The molecule has 2 aliphatic rings. The summed E-state index contributed by atoms with van der Waals surface area (Å²) < 4.78 is 37.2. The molecule has 13 nitrogen and oxygen atoms in total. The molecule has 1 fully saturated rings. The lowest BCUT2D eigenvalue weighted by Crippen LogP contribution is -2.36. The molecule has 0 radical (unpaired) electrons. The summed E-state index contributed by atoms with van der Waals surface area (Å²) in [6.07, 6.45) is 1.71. The van der Waals surface area contributed by atoms with Gasteiger partial charge in [-0.25, -0.2) is 4.79 Å². The normalized spacial score (nSPS) is 13.6. The maximum atomic E-state index is 13.5. The van der Waals surface area contributed by atoms with Crippen molar-refractivity contribution >= 4 is 51.7 Å². The number of benzene rings is 5. The summed E-state index contributed by atoms with van der Waals surface area (Å²) in [5, 5.41) is 21.7. The van der Waals surface area contributed by atoms with Gasteiger partial charge in [0, 0.05) is 54.1 Å². The zero-order valence-electron chi connectivity index (χ0n) is 35.1. The van der Waals surface area contributed by atoms with Crippen LogP contribution in [0.25, 0.3) is 10.8 Å². The van der Waals surface area contributed by atoms with Gasteiger partial charge in [-0.15, -0.1) is 0 Å². The molecule has 336 valence electrons. The number of hydrogen-bond acceptors (Lipinski definition) is 8. The molecule has 5 aromatic rings. The van der Waals surface area contributed by atoms with Gasteiger partial charge >= 0.3 is 12.1 Å². The highest BCUT2D eigenvalue weighted by Gasteiger charge is 2.38. The van der Waals surface area contributed by atoms with E-state index in [1.807, 2.05) is 17.0 Å². The van der Waals surface area contributed by atoms with E-state index in [-0.39, 0.29) is 42.3 Å². The first-order chi connectivity index (χ1) is 30.7. The molecule has 0 spiro atoms. The average Bonchev–Trinajstić information content (AvgIpc) is 4.13. The molecule has 5 aromatic carbocycles. The van der Waals surface area contributed by atoms with Crippen LogP contribution < -0.4 is 31.7 Å². The summed E-state index contributed by atoms with van der Waals surface area (Å²) >= 11 is 0. The molecule has 4 amide bonds. The first-order valence-corrected chi connectivity index (χ1v) is 21.1. The number of amides is 4. The second-order valence-electron chi connectivity index (χ2n) is 15.8. The SMILES string of the molecule is N[C@H](CNCCCCCCNC(=O)c1ccc(NC(=O)c2ccc(CN(C(=O)c3ccc4c(c3)OCC(=O)N4)C3CC3)cc2)cc1)Cc1ccc2ccccc2c1.O=C(O)C(F)(F)F. The van der Waals surface area contributed by atoms with Crippen molar-refractivity contribution in [1.29, 1.82) is 0 Å². The number of nitrogens with zero attached hydrogens (tertiary/aromatic N) is 1. The van der Waals surface area contributed by atoms with Crippen molar-refractivity contribution in [2.75, 3.05) is 36.9 Å². The molecule has 0 aromatic heterocycles. The van der Waals surface area contributed by atoms with Crippen molar-refractivity contribution in [3.63, 3.8) is 0 Å². The van der Waals surface area contributed by atoms with Gasteiger partial charge in [0.25, 0.3) is 23.6 Å². The minimum Gasteiger partial charge on any atom is -0.482 e. The van der Waals surface area contributed by atoms with Crippen LogP contribution in [0.1, 0.15) is 80.7 Å². The maximum absolute atomic E-state index is 13.5. The molecule has 0 unspecified atom stereocenters. The number of aliphatic carboxylic acids is 1. The number of unbranched alkanes of at least 4 members (excludes halogenated alkanes) is 3. The van der Waals surface area contributed by atoms with Crippen molar-refractivity contribution < 1.29 is 47.0 Å². The highest BCUT2D eigenvalue weighted by molar-refractivity contribution is 6.04. The van der Waals surface area contributed by atoms with Crippen LogP contribution in [0.15, 0.2) is 109 Å². The zero-order valence-corrected chi connectivity index (χ0v) is 35.1. The van der Waals surface area contributed by atoms with E-state index in [0.29, 0.717) is 46.9 Å². The van der Waals surface area contributed by atoms with Crippen molar-refractivity contribution in [3.8, 4) is 5.75 Å². The fraction of sp³-hybridized carbons (Fsp3) is 0.312. The fourth-order valence-electron chi connectivity index (χ4n) is 7.05. The molecule has 1 aliphatic heterocycles. The van der Waals surface area contributed by atoms with E-state index in [2.05, 4.69) is 63.7 Å². The number of hydrogen-bond donors (Lipinski definition) is 6. The van der Waals surface area contributed by atoms with E-state index in [1.165, 1.54) is 16.3 Å². The van der Waals surface area contributed by atoms with Crippen molar-refractivity contribution in [3.05, 3.63) is 137 Å². The number of carbonyl (C=O) groups is 5. The second kappa shape index (κ2) is 22.0. The van der Waals surface area contributed by atoms with Gasteiger partial charge in [0.2, 0.25) is 0 Å². The first kappa shape index (κ1) is 46.7. The number of carboxylic acid groups (broad SMARTS) is 1. The Bertz CT molecular complexity index is 2420. The van der Waals surface area contributed by atoms with Crippen LogP contribution in [0.3, 0.4) is 0 Å². The highest BCUT2D eigenvalue weighted by atomic mass is 19.4. The number of rotatable bonds is 18.